The van der Waals surface area contributed by atoms with Crippen molar-refractivity contribution in [2.24, 2.45) is 0 Å². The number of hydrogen-bond acceptors (Lipinski definition) is 2. The normalized spacial score (nSPS) is 25.7. The van der Waals surface area contributed by atoms with Crippen LogP contribution >= 0.6 is 0 Å². The molecule has 3 atom stereocenters. The zero-order chi connectivity index (χ0) is 19.3. The maximum atomic E-state index is 11.7. The largest absolute Gasteiger partial charge is 0.513 e. The number of amides is 1. The molecular weight excluding hydrogens is 326 g/mol. The lowest BCUT2D eigenvalue weighted by Gasteiger charge is -2.33. The Bertz CT molecular complexity index is 374. The third-order valence-electron chi connectivity index (χ3n) is 6.45. The maximum absolute atomic E-state index is 11.7. The molecule has 2 unspecified atom stereocenters. The molecule has 154 valence electrons. The van der Waals surface area contributed by atoms with Crippen molar-refractivity contribution in [3.8, 4) is 0 Å². The van der Waals surface area contributed by atoms with Crippen molar-refractivity contribution in [1.29, 1.82) is 0 Å². The Hall–Kier alpha value is -0.610. The van der Waals surface area contributed by atoms with Crippen LogP contribution in [0.1, 0.15) is 110 Å². The Labute approximate surface area is 161 Å². The van der Waals surface area contributed by atoms with E-state index in [4.69, 9.17) is 0 Å². The van der Waals surface area contributed by atoms with Gasteiger partial charge in [-0.25, -0.2) is 4.48 Å². The van der Waals surface area contributed by atoms with E-state index in [0.717, 1.165) is 12.8 Å². The van der Waals surface area contributed by atoms with Crippen LogP contribution in [-0.4, -0.2) is 46.0 Å². The van der Waals surface area contributed by atoms with E-state index in [2.05, 4.69) is 6.92 Å². The van der Waals surface area contributed by atoms with Crippen LogP contribution in [0.4, 0.5) is 4.79 Å². The summed E-state index contributed by atoms with van der Waals surface area (Å²) in [7, 11) is 0. The van der Waals surface area contributed by atoms with Crippen LogP contribution in [0, 0.1) is 0 Å². The van der Waals surface area contributed by atoms with Crippen molar-refractivity contribution in [2.45, 2.75) is 122 Å². The SMILES string of the molecule is CCCCCCCCCCCCCCCC[N+]1(C(=O)O)CCC(O)[C@H]1C. The standard InChI is InChI=1S/C22H43NO3/c1-3-4-5-6-7-8-9-10-11-12-13-14-15-16-18-23(22(25)26)19-17-21(24)20(23)2/h20-21,24H,3-19H2,1-2H3/p+1/t20-,21?,23?/m1/s1. The van der Waals surface area contributed by atoms with Gasteiger partial charge in [-0.2, -0.15) is 4.79 Å². The summed E-state index contributed by atoms with van der Waals surface area (Å²) in [6.07, 6.45) is 17.8. The summed E-state index contributed by atoms with van der Waals surface area (Å²) in [6, 6.07) is -0.172. The molecule has 1 saturated heterocycles. The molecule has 0 saturated carbocycles. The second kappa shape index (κ2) is 13.5. The van der Waals surface area contributed by atoms with Gasteiger partial charge in [-0.1, -0.05) is 84.0 Å². The number of nitrogens with zero attached hydrogens (tertiary/aromatic N) is 1. The van der Waals surface area contributed by atoms with Crippen molar-refractivity contribution in [2.75, 3.05) is 13.1 Å². The highest BCUT2D eigenvalue weighted by atomic mass is 16.4. The molecule has 4 heteroatoms. The molecule has 0 aromatic heterocycles. The van der Waals surface area contributed by atoms with E-state index >= 15 is 0 Å². The van der Waals surface area contributed by atoms with E-state index in [1.54, 1.807) is 0 Å². The Morgan fingerprint density at radius 2 is 1.27 bits per heavy atom. The minimum Gasteiger partial charge on any atom is -0.435 e. The fraction of sp³-hybridized carbons (Fsp3) is 0.955. The smallest absolute Gasteiger partial charge is 0.435 e. The first-order valence-corrected chi connectivity index (χ1v) is 11.3. The van der Waals surface area contributed by atoms with Crippen molar-refractivity contribution in [3.63, 3.8) is 0 Å². The second-order valence-electron chi connectivity index (χ2n) is 8.46. The van der Waals surface area contributed by atoms with Crippen LogP contribution in [0.3, 0.4) is 0 Å². The van der Waals surface area contributed by atoms with Gasteiger partial charge in [0.25, 0.3) is 0 Å². The third-order valence-corrected chi connectivity index (χ3v) is 6.45. The fourth-order valence-corrected chi connectivity index (χ4v) is 4.41. The van der Waals surface area contributed by atoms with E-state index in [1.807, 2.05) is 6.92 Å². The summed E-state index contributed by atoms with van der Waals surface area (Å²) < 4.78 is 0.0689. The summed E-state index contributed by atoms with van der Waals surface area (Å²) >= 11 is 0. The molecule has 1 fully saturated rings. The number of rotatable bonds is 15. The number of carbonyl (C=O) groups is 1. The minimum absolute atomic E-state index is 0.0689. The highest BCUT2D eigenvalue weighted by molar-refractivity contribution is 5.57. The van der Waals surface area contributed by atoms with Crippen molar-refractivity contribution in [3.05, 3.63) is 0 Å². The summed E-state index contributed by atoms with van der Waals surface area (Å²) in [4.78, 5) is 11.7. The van der Waals surface area contributed by atoms with Crippen LogP contribution < -0.4 is 0 Å². The molecule has 0 radical (unpaired) electrons. The average molecular weight is 371 g/mol. The molecule has 0 aliphatic carbocycles. The topological polar surface area (TPSA) is 57.5 Å². The molecule has 26 heavy (non-hydrogen) atoms. The number of aliphatic hydroxyl groups excluding tert-OH is 1. The van der Waals surface area contributed by atoms with Gasteiger partial charge in [-0.15, -0.1) is 0 Å². The molecule has 0 bridgehead atoms. The summed E-state index contributed by atoms with van der Waals surface area (Å²) in [6.45, 7) is 5.40. The zero-order valence-electron chi connectivity index (χ0n) is 17.4. The molecule has 1 aliphatic heterocycles. The molecule has 4 nitrogen and oxygen atoms in total. The van der Waals surface area contributed by atoms with Gasteiger partial charge in [-0.3, -0.25) is 0 Å². The predicted octanol–water partition coefficient (Wildman–Crippen LogP) is 6.12. The second-order valence-corrected chi connectivity index (χ2v) is 8.46. The highest BCUT2D eigenvalue weighted by Gasteiger charge is 2.50. The van der Waals surface area contributed by atoms with E-state index in [1.165, 1.54) is 77.0 Å². The lowest BCUT2D eigenvalue weighted by atomic mass is 10.0. The molecule has 1 aliphatic rings. The zero-order valence-corrected chi connectivity index (χ0v) is 17.4. The van der Waals surface area contributed by atoms with Gasteiger partial charge in [0.15, 0.2) is 0 Å². The van der Waals surface area contributed by atoms with Crippen molar-refractivity contribution in [1.82, 2.24) is 0 Å². The third kappa shape index (κ3) is 7.96. The Balaban J connectivity index is 1.95. The van der Waals surface area contributed by atoms with Gasteiger partial charge in [0.2, 0.25) is 0 Å². The van der Waals surface area contributed by atoms with Crippen LogP contribution in [0.5, 0.6) is 0 Å². The molecule has 1 rings (SSSR count). The van der Waals surface area contributed by atoms with Gasteiger partial charge in [0.1, 0.15) is 12.1 Å². The Morgan fingerprint density at radius 3 is 1.62 bits per heavy atom. The number of carboxylic acid groups (broad SMARTS) is 1. The molecule has 0 spiro atoms. The lowest BCUT2D eigenvalue weighted by Crippen LogP contribution is -2.56. The number of hydrogen-bond donors (Lipinski definition) is 2. The number of quaternary nitrogens is 1. The first-order valence-electron chi connectivity index (χ1n) is 11.3. The van der Waals surface area contributed by atoms with E-state index < -0.39 is 12.2 Å². The van der Waals surface area contributed by atoms with Gasteiger partial charge in [-0.05, 0) is 19.8 Å². The average Bonchev–Trinajstić information content (AvgIpc) is 2.91. The van der Waals surface area contributed by atoms with E-state index in [-0.39, 0.29) is 10.5 Å². The number of likely N-dealkylation sites (tertiary alicyclic amines) is 1. The lowest BCUT2D eigenvalue weighted by molar-refractivity contribution is -0.869. The van der Waals surface area contributed by atoms with Crippen LogP contribution in [0.15, 0.2) is 0 Å². The molecule has 1 amide bonds. The quantitative estimate of drug-likeness (QED) is 0.270. The van der Waals surface area contributed by atoms with Crippen LogP contribution in [0.25, 0.3) is 0 Å². The van der Waals surface area contributed by atoms with Crippen molar-refractivity contribution >= 4 is 6.09 Å². The predicted molar refractivity (Wildman–Crippen MR) is 108 cm³/mol. The first kappa shape index (κ1) is 23.4. The van der Waals surface area contributed by atoms with E-state index in [0.29, 0.717) is 19.5 Å². The molecule has 0 aromatic carbocycles. The summed E-state index contributed by atoms with van der Waals surface area (Å²) in [5, 5.41) is 19.5. The Kier molecular flexibility index (Phi) is 12.2. The molecule has 1 heterocycles. The van der Waals surface area contributed by atoms with Crippen molar-refractivity contribution < 1.29 is 19.5 Å². The maximum Gasteiger partial charge on any atom is 0.513 e. The first-order chi connectivity index (χ1) is 12.5. The summed E-state index contributed by atoms with van der Waals surface area (Å²) in [5.74, 6) is 0. The van der Waals surface area contributed by atoms with Gasteiger partial charge in [0.05, 0.1) is 13.1 Å². The van der Waals surface area contributed by atoms with Gasteiger partial charge >= 0.3 is 6.09 Å². The molecule has 0 aromatic rings. The number of aliphatic hydroxyl groups is 1. The molecule has 2 N–H and O–H groups in total. The van der Waals surface area contributed by atoms with E-state index in [9.17, 15) is 15.0 Å². The van der Waals surface area contributed by atoms with Gasteiger partial charge < -0.3 is 10.2 Å². The van der Waals surface area contributed by atoms with Crippen LogP contribution in [-0.2, 0) is 0 Å². The fourth-order valence-electron chi connectivity index (χ4n) is 4.41. The molecular formula is C22H44NO3+. The minimum atomic E-state index is -0.760. The van der Waals surface area contributed by atoms with Gasteiger partial charge in [0, 0.05) is 6.42 Å². The monoisotopic (exact) mass is 370 g/mol. The summed E-state index contributed by atoms with van der Waals surface area (Å²) in [5.41, 5.74) is 0. The highest BCUT2D eigenvalue weighted by Crippen LogP contribution is 2.28. The van der Waals surface area contributed by atoms with Crippen LogP contribution in [0.2, 0.25) is 0 Å². The number of unbranched alkanes of at least 4 members (excludes halogenated alkanes) is 13. The Morgan fingerprint density at radius 1 is 0.846 bits per heavy atom.